The number of hydrogen-bond acceptors (Lipinski definition) is 6. The molecule has 6 nitrogen and oxygen atoms in total. The van der Waals surface area contributed by atoms with Crippen LogP contribution >= 0.6 is 0 Å². The summed E-state index contributed by atoms with van der Waals surface area (Å²) in [5.41, 5.74) is 5.29. The van der Waals surface area contributed by atoms with Gasteiger partial charge in [0, 0.05) is 12.1 Å². The lowest BCUT2D eigenvalue weighted by Crippen LogP contribution is -2.23. The van der Waals surface area contributed by atoms with E-state index < -0.39 is 0 Å². The molecule has 0 bridgehead atoms. The quantitative estimate of drug-likeness (QED) is 0.662. The normalized spacial score (nSPS) is 15.5. The van der Waals surface area contributed by atoms with Gasteiger partial charge in [-0.15, -0.1) is 0 Å². The second-order valence-corrected chi connectivity index (χ2v) is 7.59. The van der Waals surface area contributed by atoms with E-state index in [4.69, 9.17) is 14.5 Å². The first-order chi connectivity index (χ1) is 14.5. The Hall–Kier alpha value is -3.41. The van der Waals surface area contributed by atoms with Crippen molar-refractivity contribution in [2.24, 2.45) is 0 Å². The number of ether oxygens (including phenoxy) is 2. The predicted molar refractivity (Wildman–Crippen MR) is 116 cm³/mol. The van der Waals surface area contributed by atoms with Gasteiger partial charge >= 0.3 is 0 Å². The van der Waals surface area contributed by atoms with Gasteiger partial charge in [-0.05, 0) is 56.0 Å². The third kappa shape index (κ3) is 3.85. The van der Waals surface area contributed by atoms with Crippen LogP contribution in [0.4, 0.5) is 11.6 Å². The highest BCUT2D eigenvalue weighted by Crippen LogP contribution is 2.37. The molecular formula is C24H25N3O3. The van der Waals surface area contributed by atoms with E-state index in [-0.39, 0.29) is 11.7 Å². The van der Waals surface area contributed by atoms with Crippen molar-refractivity contribution in [1.29, 1.82) is 0 Å². The minimum atomic E-state index is 0.0336. The van der Waals surface area contributed by atoms with Crippen LogP contribution in [0.1, 0.15) is 45.2 Å². The number of nitrogens with zero attached hydrogens (tertiary/aromatic N) is 2. The van der Waals surface area contributed by atoms with Gasteiger partial charge in [-0.25, -0.2) is 9.97 Å². The topological polar surface area (TPSA) is 73.3 Å². The molecule has 1 atom stereocenters. The zero-order valence-corrected chi connectivity index (χ0v) is 17.7. The maximum absolute atomic E-state index is 12.9. The fraction of sp³-hybridized carbons (Fsp3) is 0.292. The minimum absolute atomic E-state index is 0.0336. The molecule has 0 aliphatic heterocycles. The molecule has 2 aromatic carbocycles. The van der Waals surface area contributed by atoms with E-state index >= 15 is 0 Å². The van der Waals surface area contributed by atoms with Gasteiger partial charge in [0.2, 0.25) is 5.95 Å². The highest BCUT2D eigenvalue weighted by atomic mass is 16.5. The third-order valence-electron chi connectivity index (χ3n) is 5.50. The molecule has 1 aromatic heterocycles. The van der Waals surface area contributed by atoms with Crippen molar-refractivity contribution in [2.45, 2.75) is 32.6 Å². The van der Waals surface area contributed by atoms with Gasteiger partial charge in [0.1, 0.15) is 0 Å². The van der Waals surface area contributed by atoms with Crippen LogP contribution in [0, 0.1) is 13.8 Å². The summed E-state index contributed by atoms with van der Waals surface area (Å²) in [6.45, 7) is 3.92. The Kier molecular flexibility index (Phi) is 5.40. The SMILES string of the molecule is COc1ccc(C2CC(=O)c3c(C)nc(Nc4ccc(C)cc4)nc3C2)cc1OC. The first-order valence-electron chi connectivity index (χ1n) is 9.94. The molecule has 1 aliphatic carbocycles. The van der Waals surface area contributed by atoms with Gasteiger partial charge in [0.15, 0.2) is 17.3 Å². The number of carbonyl (C=O) groups excluding carboxylic acids is 1. The fourth-order valence-electron chi connectivity index (χ4n) is 3.94. The molecule has 0 spiro atoms. The number of benzene rings is 2. The van der Waals surface area contributed by atoms with Crippen LogP contribution in [0.15, 0.2) is 42.5 Å². The summed E-state index contributed by atoms with van der Waals surface area (Å²) in [4.78, 5) is 22.1. The number of ketones is 1. The Balaban J connectivity index is 1.65. The number of nitrogens with one attached hydrogen (secondary N) is 1. The smallest absolute Gasteiger partial charge is 0.227 e. The molecule has 6 heteroatoms. The molecule has 0 saturated heterocycles. The largest absolute Gasteiger partial charge is 0.493 e. The number of aromatic nitrogens is 2. The van der Waals surface area contributed by atoms with Crippen molar-refractivity contribution in [3.8, 4) is 11.5 Å². The summed E-state index contributed by atoms with van der Waals surface area (Å²) in [6.07, 6.45) is 1.10. The van der Waals surface area contributed by atoms with Crippen molar-refractivity contribution in [3.63, 3.8) is 0 Å². The van der Waals surface area contributed by atoms with Crippen molar-refractivity contribution in [2.75, 3.05) is 19.5 Å². The summed E-state index contributed by atoms with van der Waals surface area (Å²) >= 11 is 0. The first kappa shape index (κ1) is 19.9. The molecule has 0 saturated carbocycles. The molecule has 1 N–H and O–H groups in total. The second kappa shape index (κ2) is 8.14. The molecule has 4 rings (SSSR count). The van der Waals surface area contributed by atoms with Crippen LogP contribution in [-0.2, 0) is 6.42 Å². The Morgan fingerprint density at radius 1 is 0.933 bits per heavy atom. The first-order valence-corrected chi connectivity index (χ1v) is 9.94. The molecule has 1 heterocycles. The monoisotopic (exact) mass is 403 g/mol. The standard InChI is InChI=1S/C24H25N3O3/c1-14-5-8-18(9-6-14)26-24-25-15(2)23-19(27-24)11-17(12-20(23)28)16-7-10-21(29-3)22(13-16)30-4/h5-10,13,17H,11-12H2,1-4H3,(H,25,26,27). The maximum atomic E-state index is 12.9. The molecule has 0 radical (unpaired) electrons. The van der Waals surface area contributed by atoms with E-state index in [0.29, 0.717) is 41.5 Å². The van der Waals surface area contributed by atoms with E-state index in [0.717, 1.165) is 16.9 Å². The molecule has 30 heavy (non-hydrogen) atoms. The average molecular weight is 403 g/mol. The molecule has 154 valence electrons. The van der Waals surface area contributed by atoms with E-state index in [1.54, 1.807) is 14.2 Å². The minimum Gasteiger partial charge on any atom is -0.493 e. The summed E-state index contributed by atoms with van der Waals surface area (Å²) in [5.74, 6) is 1.96. The Labute approximate surface area is 176 Å². The second-order valence-electron chi connectivity index (χ2n) is 7.59. The van der Waals surface area contributed by atoms with E-state index in [1.807, 2.05) is 56.3 Å². The maximum Gasteiger partial charge on any atom is 0.227 e. The zero-order valence-electron chi connectivity index (χ0n) is 17.7. The number of anilines is 2. The summed E-state index contributed by atoms with van der Waals surface area (Å²) in [6, 6.07) is 13.9. The molecular weight excluding hydrogens is 378 g/mol. The van der Waals surface area contributed by atoms with Crippen LogP contribution in [0.3, 0.4) is 0 Å². The molecule has 1 aliphatic rings. The summed E-state index contributed by atoms with van der Waals surface area (Å²) < 4.78 is 10.8. The number of fused-ring (bicyclic) bond motifs is 1. The number of rotatable bonds is 5. The molecule has 0 amide bonds. The number of Topliss-reactive ketones (excluding diaryl/α,β-unsaturated/α-hetero) is 1. The fourth-order valence-corrected chi connectivity index (χ4v) is 3.94. The highest BCUT2D eigenvalue weighted by Gasteiger charge is 2.30. The Bertz CT molecular complexity index is 1090. The van der Waals surface area contributed by atoms with Crippen LogP contribution in [0.25, 0.3) is 0 Å². The number of methoxy groups -OCH3 is 2. The number of carbonyl (C=O) groups is 1. The van der Waals surface area contributed by atoms with Gasteiger partial charge in [-0.3, -0.25) is 4.79 Å². The van der Waals surface area contributed by atoms with Crippen molar-refractivity contribution >= 4 is 17.4 Å². The van der Waals surface area contributed by atoms with Crippen LogP contribution < -0.4 is 14.8 Å². The van der Waals surface area contributed by atoms with Gasteiger partial charge in [-0.2, -0.15) is 0 Å². The van der Waals surface area contributed by atoms with Crippen LogP contribution in [-0.4, -0.2) is 30.0 Å². The van der Waals surface area contributed by atoms with E-state index in [2.05, 4.69) is 10.3 Å². The predicted octanol–water partition coefficient (Wildman–Crippen LogP) is 4.77. The number of hydrogen-bond donors (Lipinski definition) is 1. The number of aryl methyl sites for hydroxylation is 2. The van der Waals surface area contributed by atoms with Crippen LogP contribution in [0.2, 0.25) is 0 Å². The molecule has 3 aromatic rings. The third-order valence-corrected chi connectivity index (χ3v) is 5.50. The van der Waals surface area contributed by atoms with Gasteiger partial charge < -0.3 is 14.8 Å². The van der Waals surface area contributed by atoms with Gasteiger partial charge in [0.25, 0.3) is 0 Å². The van der Waals surface area contributed by atoms with Crippen molar-refractivity contribution in [1.82, 2.24) is 9.97 Å². The Morgan fingerprint density at radius 3 is 2.37 bits per heavy atom. The van der Waals surface area contributed by atoms with Gasteiger partial charge in [-0.1, -0.05) is 23.8 Å². The lowest BCUT2D eigenvalue weighted by molar-refractivity contribution is 0.0962. The molecule has 0 fully saturated rings. The van der Waals surface area contributed by atoms with E-state index in [1.165, 1.54) is 5.56 Å². The lowest BCUT2D eigenvalue weighted by atomic mass is 9.81. The van der Waals surface area contributed by atoms with Crippen LogP contribution in [0.5, 0.6) is 11.5 Å². The highest BCUT2D eigenvalue weighted by molar-refractivity contribution is 5.99. The lowest BCUT2D eigenvalue weighted by Gasteiger charge is -2.25. The van der Waals surface area contributed by atoms with Gasteiger partial charge in [0.05, 0.1) is 31.2 Å². The molecule has 1 unspecified atom stereocenters. The summed E-state index contributed by atoms with van der Waals surface area (Å²) in [7, 11) is 3.22. The average Bonchev–Trinajstić information content (AvgIpc) is 2.74. The van der Waals surface area contributed by atoms with E-state index in [9.17, 15) is 4.79 Å². The Morgan fingerprint density at radius 2 is 1.67 bits per heavy atom. The van der Waals surface area contributed by atoms with Crippen molar-refractivity contribution in [3.05, 3.63) is 70.5 Å². The summed E-state index contributed by atoms with van der Waals surface area (Å²) in [5, 5.41) is 3.25. The zero-order chi connectivity index (χ0) is 21.3. The van der Waals surface area contributed by atoms with Crippen molar-refractivity contribution < 1.29 is 14.3 Å².